The molecule has 102 valence electrons. The zero-order chi connectivity index (χ0) is 13.2. The Balaban J connectivity index is 1.97. The lowest BCUT2D eigenvalue weighted by molar-refractivity contribution is -0.687. The van der Waals surface area contributed by atoms with Crippen LogP contribution >= 0.6 is 22.6 Å². The molecule has 4 heteroatoms. The van der Waals surface area contributed by atoms with Gasteiger partial charge in [-0.2, -0.15) is 0 Å². The van der Waals surface area contributed by atoms with Gasteiger partial charge in [0.1, 0.15) is 12.4 Å². The topological polar surface area (TPSA) is 35.1 Å². The largest absolute Gasteiger partial charge is 0.491 e. The van der Waals surface area contributed by atoms with Gasteiger partial charge < -0.3 is 14.8 Å². The third-order valence-electron chi connectivity index (χ3n) is 2.79. The Bertz CT molecular complexity index is 316. The molecule has 0 saturated heterocycles. The first-order valence-corrected chi connectivity index (χ1v) is 7.59. The van der Waals surface area contributed by atoms with Crippen molar-refractivity contribution in [2.75, 3.05) is 26.4 Å². The minimum atomic E-state index is 0.615. The summed E-state index contributed by atoms with van der Waals surface area (Å²) in [6, 6.07) is 8.74. The maximum atomic E-state index is 5.57. The van der Waals surface area contributed by atoms with E-state index in [1.807, 2.05) is 24.3 Å². The second-order valence-electron chi connectivity index (χ2n) is 4.32. The molecule has 0 bridgehead atoms. The van der Waals surface area contributed by atoms with E-state index >= 15 is 0 Å². The number of quaternary nitrogens is 1. The number of rotatable bonds is 9. The average molecular weight is 364 g/mol. The number of hydrogen-bond acceptors (Lipinski definition) is 2. The second-order valence-corrected chi connectivity index (χ2v) is 5.57. The molecule has 1 aromatic rings. The van der Waals surface area contributed by atoms with Crippen LogP contribution in [-0.2, 0) is 4.74 Å². The highest BCUT2D eigenvalue weighted by molar-refractivity contribution is 14.1. The van der Waals surface area contributed by atoms with Gasteiger partial charge in [0.05, 0.1) is 25.8 Å². The zero-order valence-electron chi connectivity index (χ0n) is 11.2. The molecule has 3 nitrogen and oxygen atoms in total. The summed E-state index contributed by atoms with van der Waals surface area (Å²) in [6.45, 7) is 7.53. The summed E-state index contributed by atoms with van der Waals surface area (Å²) >= 11 is 2.28. The van der Waals surface area contributed by atoms with Crippen LogP contribution < -0.4 is 10.1 Å². The average Bonchev–Trinajstić information content (AvgIpc) is 2.39. The standard InChI is InChI=1S/C14H22INO2/c1-3-12(2)16-8-9-17-10-11-18-14-6-4-13(15)5-7-14/h4-7,12,16H,3,8-11H2,1-2H3/p+1/t12-/m0/s1. The van der Waals surface area contributed by atoms with Gasteiger partial charge in [-0.1, -0.05) is 6.92 Å². The number of hydrogen-bond donors (Lipinski definition) is 1. The van der Waals surface area contributed by atoms with Gasteiger partial charge in [0.25, 0.3) is 0 Å². The third kappa shape index (κ3) is 7.18. The van der Waals surface area contributed by atoms with Crippen LogP contribution in [0.5, 0.6) is 5.75 Å². The van der Waals surface area contributed by atoms with Crippen molar-refractivity contribution in [1.82, 2.24) is 0 Å². The lowest BCUT2D eigenvalue weighted by atomic mass is 10.3. The van der Waals surface area contributed by atoms with E-state index in [-0.39, 0.29) is 0 Å². The van der Waals surface area contributed by atoms with Gasteiger partial charge in [-0.25, -0.2) is 0 Å². The molecule has 0 aromatic heterocycles. The third-order valence-corrected chi connectivity index (χ3v) is 3.50. The summed E-state index contributed by atoms with van der Waals surface area (Å²) in [4.78, 5) is 0. The summed E-state index contributed by atoms with van der Waals surface area (Å²) in [7, 11) is 0. The summed E-state index contributed by atoms with van der Waals surface area (Å²) in [5.41, 5.74) is 0. The first-order valence-electron chi connectivity index (χ1n) is 6.51. The quantitative estimate of drug-likeness (QED) is 0.538. The van der Waals surface area contributed by atoms with E-state index in [1.54, 1.807) is 0 Å². The van der Waals surface area contributed by atoms with Crippen LogP contribution in [0.2, 0.25) is 0 Å². The molecule has 1 rings (SSSR count). The molecule has 0 spiro atoms. The molecule has 0 saturated carbocycles. The number of ether oxygens (including phenoxy) is 2. The van der Waals surface area contributed by atoms with Crippen molar-refractivity contribution in [2.45, 2.75) is 26.3 Å². The van der Waals surface area contributed by atoms with E-state index in [0.29, 0.717) is 19.3 Å². The lowest BCUT2D eigenvalue weighted by Gasteiger charge is -2.09. The van der Waals surface area contributed by atoms with E-state index in [9.17, 15) is 0 Å². The van der Waals surface area contributed by atoms with Gasteiger partial charge in [0.15, 0.2) is 0 Å². The van der Waals surface area contributed by atoms with Crippen LogP contribution in [-0.4, -0.2) is 32.4 Å². The van der Waals surface area contributed by atoms with E-state index in [1.165, 1.54) is 9.99 Å². The fourth-order valence-corrected chi connectivity index (χ4v) is 1.81. The van der Waals surface area contributed by atoms with Crippen molar-refractivity contribution in [3.8, 4) is 5.75 Å². The molecule has 1 atom stereocenters. The van der Waals surface area contributed by atoms with Gasteiger partial charge >= 0.3 is 0 Å². The van der Waals surface area contributed by atoms with Crippen molar-refractivity contribution in [3.63, 3.8) is 0 Å². The van der Waals surface area contributed by atoms with E-state index in [2.05, 4.69) is 41.8 Å². The number of benzene rings is 1. The van der Waals surface area contributed by atoms with Gasteiger partial charge in [-0.05, 0) is 60.2 Å². The molecule has 18 heavy (non-hydrogen) atoms. The Hall–Kier alpha value is -0.330. The molecule has 0 heterocycles. The molecule has 0 aliphatic carbocycles. The van der Waals surface area contributed by atoms with Crippen molar-refractivity contribution in [2.24, 2.45) is 0 Å². The predicted molar refractivity (Wildman–Crippen MR) is 82.0 cm³/mol. The molecule has 0 amide bonds. The van der Waals surface area contributed by atoms with E-state index in [4.69, 9.17) is 9.47 Å². The monoisotopic (exact) mass is 364 g/mol. The zero-order valence-corrected chi connectivity index (χ0v) is 13.4. The normalized spacial score (nSPS) is 12.4. The molecule has 0 fully saturated rings. The molecule has 1 aromatic carbocycles. The molecule has 0 aliphatic heterocycles. The summed E-state index contributed by atoms with van der Waals surface area (Å²) < 4.78 is 12.3. The van der Waals surface area contributed by atoms with Crippen LogP contribution in [0.3, 0.4) is 0 Å². The highest BCUT2D eigenvalue weighted by atomic mass is 127. The summed E-state index contributed by atoms with van der Waals surface area (Å²) in [6.07, 6.45) is 1.20. The van der Waals surface area contributed by atoms with Gasteiger partial charge in [-0.3, -0.25) is 0 Å². The van der Waals surface area contributed by atoms with Crippen molar-refractivity contribution >= 4 is 22.6 Å². The maximum absolute atomic E-state index is 5.57. The second kappa shape index (κ2) is 9.58. The Morgan fingerprint density at radius 1 is 1.17 bits per heavy atom. The minimum absolute atomic E-state index is 0.615. The van der Waals surface area contributed by atoms with Crippen molar-refractivity contribution in [3.05, 3.63) is 27.8 Å². The summed E-state index contributed by atoms with van der Waals surface area (Å²) in [5, 5.41) is 2.32. The SMILES string of the molecule is CC[C@H](C)[NH2+]CCOCCOc1ccc(I)cc1. The van der Waals surface area contributed by atoms with Crippen LogP contribution in [0.1, 0.15) is 20.3 Å². The fraction of sp³-hybridized carbons (Fsp3) is 0.571. The number of nitrogens with two attached hydrogens (primary N) is 1. The highest BCUT2D eigenvalue weighted by Gasteiger charge is 2.00. The molecule has 2 N–H and O–H groups in total. The van der Waals surface area contributed by atoms with Gasteiger partial charge in [-0.15, -0.1) is 0 Å². The Kier molecular flexibility index (Phi) is 8.37. The van der Waals surface area contributed by atoms with Crippen molar-refractivity contribution < 1.29 is 14.8 Å². The van der Waals surface area contributed by atoms with Crippen LogP contribution in [0.25, 0.3) is 0 Å². The van der Waals surface area contributed by atoms with E-state index in [0.717, 1.165) is 18.9 Å². The highest BCUT2D eigenvalue weighted by Crippen LogP contribution is 2.12. The maximum Gasteiger partial charge on any atom is 0.119 e. The van der Waals surface area contributed by atoms with Crippen LogP contribution in [0.15, 0.2) is 24.3 Å². The first-order chi connectivity index (χ1) is 8.72. The van der Waals surface area contributed by atoms with Crippen LogP contribution in [0.4, 0.5) is 0 Å². The predicted octanol–water partition coefficient (Wildman–Crippen LogP) is 2.05. The van der Waals surface area contributed by atoms with Gasteiger partial charge in [0, 0.05) is 3.57 Å². The molecule has 0 aliphatic rings. The first kappa shape index (κ1) is 15.7. The number of halogens is 1. The van der Waals surface area contributed by atoms with Crippen molar-refractivity contribution in [1.29, 1.82) is 0 Å². The van der Waals surface area contributed by atoms with Crippen LogP contribution in [0, 0.1) is 3.57 Å². The molecule has 0 unspecified atom stereocenters. The Morgan fingerprint density at radius 2 is 1.89 bits per heavy atom. The molecular weight excluding hydrogens is 341 g/mol. The lowest BCUT2D eigenvalue weighted by Crippen LogP contribution is -2.90. The smallest absolute Gasteiger partial charge is 0.119 e. The van der Waals surface area contributed by atoms with E-state index < -0.39 is 0 Å². The summed E-state index contributed by atoms with van der Waals surface area (Å²) in [5.74, 6) is 0.908. The Morgan fingerprint density at radius 3 is 2.56 bits per heavy atom. The minimum Gasteiger partial charge on any atom is -0.491 e. The van der Waals surface area contributed by atoms with Gasteiger partial charge in [0.2, 0.25) is 0 Å². The molecular formula is C14H23INO2+. The fourth-order valence-electron chi connectivity index (χ4n) is 1.45. The Labute approximate surface area is 123 Å². The molecule has 0 radical (unpaired) electrons.